The van der Waals surface area contributed by atoms with Gasteiger partial charge in [-0.1, -0.05) is 13.8 Å². The molecule has 3 rings (SSSR count). The van der Waals surface area contributed by atoms with E-state index in [-0.39, 0.29) is 11.7 Å². The number of hydrogen-bond donors (Lipinski definition) is 0. The molecular weight excluding hydrogens is 365 g/mol. The van der Waals surface area contributed by atoms with Gasteiger partial charge >= 0.3 is 6.18 Å². The number of halogens is 3. The molecule has 0 spiro atoms. The highest BCUT2D eigenvalue weighted by atomic mass is 32.1. The SMILES string of the molecule is CC(C)c1nsc(N2CCCC(COc3ccnc(C(F)(F)F)c3)C2)n1. The van der Waals surface area contributed by atoms with Crippen molar-refractivity contribution in [1.29, 1.82) is 0 Å². The van der Waals surface area contributed by atoms with E-state index in [1.165, 1.54) is 17.6 Å². The van der Waals surface area contributed by atoms with Crippen molar-refractivity contribution >= 4 is 16.7 Å². The van der Waals surface area contributed by atoms with Crippen LogP contribution in [0.2, 0.25) is 0 Å². The minimum atomic E-state index is -4.47. The minimum Gasteiger partial charge on any atom is -0.493 e. The van der Waals surface area contributed by atoms with Crippen molar-refractivity contribution in [3.8, 4) is 5.75 Å². The number of ether oxygens (including phenoxy) is 1. The van der Waals surface area contributed by atoms with Crippen LogP contribution < -0.4 is 9.64 Å². The van der Waals surface area contributed by atoms with Crippen LogP contribution in [0, 0.1) is 5.92 Å². The smallest absolute Gasteiger partial charge is 0.433 e. The first kappa shape index (κ1) is 18.9. The lowest BCUT2D eigenvalue weighted by molar-refractivity contribution is -0.141. The van der Waals surface area contributed by atoms with Crippen molar-refractivity contribution in [2.24, 2.45) is 5.92 Å². The Morgan fingerprint density at radius 2 is 2.19 bits per heavy atom. The average Bonchev–Trinajstić information content (AvgIpc) is 3.10. The summed E-state index contributed by atoms with van der Waals surface area (Å²) in [6, 6.07) is 2.40. The topological polar surface area (TPSA) is 51.1 Å². The number of piperidine rings is 1. The Balaban J connectivity index is 1.58. The third kappa shape index (κ3) is 4.63. The van der Waals surface area contributed by atoms with Crippen LogP contribution in [0.15, 0.2) is 18.3 Å². The van der Waals surface area contributed by atoms with Crippen molar-refractivity contribution in [3.63, 3.8) is 0 Å². The maximum Gasteiger partial charge on any atom is 0.433 e. The van der Waals surface area contributed by atoms with Crippen LogP contribution in [-0.4, -0.2) is 34.0 Å². The zero-order chi connectivity index (χ0) is 18.7. The summed E-state index contributed by atoms with van der Waals surface area (Å²) >= 11 is 1.40. The molecule has 142 valence electrons. The van der Waals surface area contributed by atoms with Crippen molar-refractivity contribution < 1.29 is 17.9 Å². The summed E-state index contributed by atoms with van der Waals surface area (Å²) in [5, 5.41) is 0.904. The lowest BCUT2D eigenvalue weighted by atomic mass is 9.99. The predicted molar refractivity (Wildman–Crippen MR) is 93.7 cm³/mol. The number of pyridine rings is 1. The Morgan fingerprint density at radius 1 is 1.38 bits per heavy atom. The molecule has 1 aliphatic rings. The van der Waals surface area contributed by atoms with Gasteiger partial charge in [0, 0.05) is 48.7 Å². The number of anilines is 1. The van der Waals surface area contributed by atoms with Gasteiger partial charge in [0.05, 0.1) is 6.61 Å². The van der Waals surface area contributed by atoms with E-state index < -0.39 is 11.9 Å². The van der Waals surface area contributed by atoms with Gasteiger partial charge in [0.2, 0.25) is 5.13 Å². The van der Waals surface area contributed by atoms with Gasteiger partial charge in [-0.25, -0.2) is 4.98 Å². The molecular formula is C17H21F3N4OS. The molecule has 0 amide bonds. The predicted octanol–water partition coefficient (Wildman–Crippen LogP) is 4.37. The van der Waals surface area contributed by atoms with Gasteiger partial charge in [-0.2, -0.15) is 17.5 Å². The number of alkyl halides is 3. The Labute approximate surface area is 154 Å². The fourth-order valence-corrected chi connectivity index (χ4v) is 3.68. The van der Waals surface area contributed by atoms with Crippen LogP contribution in [0.5, 0.6) is 5.75 Å². The molecule has 0 radical (unpaired) electrons. The molecule has 2 aromatic rings. The van der Waals surface area contributed by atoms with Crippen LogP contribution in [0.3, 0.4) is 0 Å². The summed E-state index contributed by atoms with van der Waals surface area (Å²) < 4.78 is 48.2. The van der Waals surface area contributed by atoms with E-state index in [1.54, 1.807) is 0 Å². The average molecular weight is 386 g/mol. The highest BCUT2D eigenvalue weighted by Crippen LogP contribution is 2.30. The Bertz CT molecular complexity index is 735. The van der Waals surface area contributed by atoms with E-state index in [2.05, 4.69) is 33.1 Å². The number of nitrogens with zero attached hydrogens (tertiary/aromatic N) is 4. The molecule has 0 saturated carbocycles. The quantitative estimate of drug-likeness (QED) is 0.764. The highest BCUT2D eigenvalue weighted by molar-refractivity contribution is 7.09. The molecule has 9 heteroatoms. The summed E-state index contributed by atoms with van der Waals surface area (Å²) in [7, 11) is 0. The molecule has 1 saturated heterocycles. The Hall–Kier alpha value is -1.90. The largest absolute Gasteiger partial charge is 0.493 e. The van der Waals surface area contributed by atoms with Gasteiger partial charge in [-0.3, -0.25) is 4.98 Å². The van der Waals surface area contributed by atoms with E-state index in [9.17, 15) is 13.2 Å². The molecule has 0 N–H and O–H groups in total. The number of hydrogen-bond acceptors (Lipinski definition) is 6. The zero-order valence-corrected chi connectivity index (χ0v) is 15.5. The molecule has 3 heterocycles. The van der Waals surface area contributed by atoms with Crippen LogP contribution in [0.4, 0.5) is 18.3 Å². The summed E-state index contributed by atoms with van der Waals surface area (Å²) in [4.78, 5) is 10.1. The normalized spacial score (nSPS) is 18.4. The third-order valence-corrected chi connectivity index (χ3v) is 5.04. The van der Waals surface area contributed by atoms with Gasteiger partial charge in [0.15, 0.2) is 0 Å². The van der Waals surface area contributed by atoms with E-state index in [0.717, 1.165) is 49.2 Å². The zero-order valence-electron chi connectivity index (χ0n) is 14.7. The second kappa shape index (κ2) is 7.77. The fraction of sp³-hybridized carbons (Fsp3) is 0.588. The van der Waals surface area contributed by atoms with E-state index >= 15 is 0 Å². The summed E-state index contributed by atoms with van der Waals surface area (Å²) in [6.07, 6.45) is -1.37. The van der Waals surface area contributed by atoms with Gasteiger partial charge < -0.3 is 9.64 Å². The van der Waals surface area contributed by atoms with Crippen molar-refractivity contribution in [2.45, 2.75) is 38.8 Å². The summed E-state index contributed by atoms with van der Waals surface area (Å²) in [5.74, 6) is 1.57. The van der Waals surface area contributed by atoms with E-state index in [0.29, 0.717) is 12.5 Å². The standard InChI is InChI=1S/C17H21F3N4OS/c1-11(2)15-22-16(26-23-15)24-7-3-4-12(9-24)10-25-13-5-6-21-14(8-13)17(18,19)20/h5-6,8,11-12H,3-4,7,9-10H2,1-2H3. The van der Waals surface area contributed by atoms with Crippen molar-refractivity contribution in [1.82, 2.24) is 14.3 Å². The van der Waals surface area contributed by atoms with Crippen LogP contribution in [-0.2, 0) is 6.18 Å². The maximum absolute atomic E-state index is 12.7. The third-order valence-electron chi connectivity index (χ3n) is 4.24. The highest BCUT2D eigenvalue weighted by Gasteiger charge is 2.32. The van der Waals surface area contributed by atoms with Crippen LogP contribution in [0.1, 0.15) is 44.1 Å². The first-order valence-electron chi connectivity index (χ1n) is 8.57. The van der Waals surface area contributed by atoms with Crippen LogP contribution in [0.25, 0.3) is 0 Å². The molecule has 2 aromatic heterocycles. The molecule has 1 atom stereocenters. The molecule has 1 unspecified atom stereocenters. The molecule has 0 aliphatic carbocycles. The van der Waals surface area contributed by atoms with Crippen molar-refractivity contribution in [3.05, 3.63) is 29.8 Å². The molecule has 1 aliphatic heterocycles. The fourth-order valence-electron chi connectivity index (χ4n) is 2.83. The number of aromatic nitrogens is 3. The Kier molecular flexibility index (Phi) is 5.64. The molecule has 0 bridgehead atoms. The van der Waals surface area contributed by atoms with E-state index in [1.807, 2.05) is 0 Å². The summed E-state index contributed by atoms with van der Waals surface area (Å²) in [5.41, 5.74) is -0.935. The second-order valence-corrected chi connectivity index (χ2v) is 7.46. The second-order valence-electron chi connectivity index (χ2n) is 6.73. The van der Waals surface area contributed by atoms with Gasteiger partial charge in [0.25, 0.3) is 0 Å². The molecule has 0 aromatic carbocycles. The monoisotopic (exact) mass is 386 g/mol. The lowest BCUT2D eigenvalue weighted by Crippen LogP contribution is -2.37. The van der Waals surface area contributed by atoms with E-state index in [4.69, 9.17) is 4.74 Å². The first-order chi connectivity index (χ1) is 12.3. The maximum atomic E-state index is 12.7. The molecule has 5 nitrogen and oxygen atoms in total. The minimum absolute atomic E-state index is 0.197. The number of rotatable bonds is 5. The molecule has 26 heavy (non-hydrogen) atoms. The van der Waals surface area contributed by atoms with Crippen LogP contribution >= 0.6 is 11.5 Å². The van der Waals surface area contributed by atoms with Gasteiger partial charge in [0.1, 0.15) is 17.3 Å². The van der Waals surface area contributed by atoms with Gasteiger partial charge in [-0.05, 0) is 18.9 Å². The molecule has 1 fully saturated rings. The Morgan fingerprint density at radius 3 is 2.88 bits per heavy atom. The summed E-state index contributed by atoms with van der Waals surface area (Å²) in [6.45, 7) is 6.17. The van der Waals surface area contributed by atoms with Gasteiger partial charge in [-0.15, -0.1) is 0 Å². The first-order valence-corrected chi connectivity index (χ1v) is 9.35. The lowest BCUT2D eigenvalue weighted by Gasteiger charge is -2.32. The van der Waals surface area contributed by atoms with Crippen molar-refractivity contribution in [2.75, 3.05) is 24.6 Å².